The highest BCUT2D eigenvalue weighted by molar-refractivity contribution is 14.1. The summed E-state index contributed by atoms with van der Waals surface area (Å²) < 4.78 is 1.09. The molecule has 0 fully saturated rings. The van der Waals surface area contributed by atoms with Crippen molar-refractivity contribution in [1.82, 2.24) is 15.0 Å². The van der Waals surface area contributed by atoms with Gasteiger partial charge < -0.3 is 5.32 Å². The second kappa shape index (κ2) is 6.47. The highest BCUT2D eigenvalue weighted by Gasteiger charge is 2.11. The van der Waals surface area contributed by atoms with Gasteiger partial charge in [-0.2, -0.15) is 0 Å². The number of hydrogen-bond acceptors (Lipinski definition) is 4. The van der Waals surface area contributed by atoms with Gasteiger partial charge in [-0.05, 0) is 61.9 Å². The lowest BCUT2D eigenvalue weighted by Gasteiger charge is -2.11. The van der Waals surface area contributed by atoms with Crippen LogP contribution in [0.2, 0.25) is 0 Å². The maximum Gasteiger partial charge on any atom is 0.161 e. The van der Waals surface area contributed by atoms with Gasteiger partial charge in [0.15, 0.2) is 5.82 Å². The second-order valence-electron chi connectivity index (χ2n) is 4.86. The molecule has 0 amide bonds. The molecule has 2 rings (SSSR count). The number of nitrogens with one attached hydrogen (secondary N) is 1. The molecule has 106 valence electrons. The molecule has 0 unspecified atom stereocenters. The largest absolute Gasteiger partial charge is 0.369 e. The quantitative estimate of drug-likeness (QED) is 0.816. The summed E-state index contributed by atoms with van der Waals surface area (Å²) in [5.41, 5.74) is 4.00. The number of halogens is 1. The molecule has 4 nitrogen and oxygen atoms in total. The third-order valence-electron chi connectivity index (χ3n) is 2.90. The molecule has 2 heterocycles. The van der Waals surface area contributed by atoms with Gasteiger partial charge in [-0.15, -0.1) is 0 Å². The third-order valence-corrected chi connectivity index (χ3v) is 4.19. The average molecular weight is 382 g/mol. The Hall–Kier alpha value is -1.24. The molecule has 0 radical (unpaired) electrons. The van der Waals surface area contributed by atoms with E-state index in [9.17, 15) is 0 Å². The molecule has 0 aliphatic rings. The SMILES string of the molecule is CCCNc1nc(-c2cc(C)nc(C)c2)nc(C)c1I. The molecule has 1 N–H and O–H groups in total. The van der Waals surface area contributed by atoms with E-state index >= 15 is 0 Å². The van der Waals surface area contributed by atoms with Crippen LogP contribution in [0.15, 0.2) is 12.1 Å². The van der Waals surface area contributed by atoms with Crippen LogP contribution in [-0.2, 0) is 0 Å². The number of rotatable bonds is 4. The summed E-state index contributed by atoms with van der Waals surface area (Å²) in [4.78, 5) is 13.7. The Kier molecular flexibility index (Phi) is 4.91. The van der Waals surface area contributed by atoms with Crippen LogP contribution in [0.5, 0.6) is 0 Å². The van der Waals surface area contributed by atoms with Gasteiger partial charge in [0.05, 0.1) is 9.26 Å². The smallest absolute Gasteiger partial charge is 0.161 e. The Labute approximate surface area is 133 Å². The van der Waals surface area contributed by atoms with Crippen LogP contribution in [0.3, 0.4) is 0 Å². The van der Waals surface area contributed by atoms with E-state index < -0.39 is 0 Å². The molecular formula is C15H19IN4. The second-order valence-corrected chi connectivity index (χ2v) is 5.94. The van der Waals surface area contributed by atoms with Gasteiger partial charge in [0.25, 0.3) is 0 Å². The van der Waals surface area contributed by atoms with Gasteiger partial charge >= 0.3 is 0 Å². The highest BCUT2D eigenvalue weighted by atomic mass is 127. The van der Waals surface area contributed by atoms with Crippen molar-refractivity contribution >= 4 is 28.4 Å². The fourth-order valence-electron chi connectivity index (χ4n) is 2.01. The van der Waals surface area contributed by atoms with Crippen LogP contribution in [0.4, 0.5) is 5.82 Å². The van der Waals surface area contributed by atoms with Crippen molar-refractivity contribution < 1.29 is 0 Å². The van der Waals surface area contributed by atoms with Crippen molar-refractivity contribution in [2.75, 3.05) is 11.9 Å². The van der Waals surface area contributed by atoms with E-state index in [1.807, 2.05) is 32.9 Å². The standard InChI is InChI=1S/C15H19IN4/c1-5-6-17-15-13(16)11(4)19-14(20-15)12-7-9(2)18-10(3)8-12/h7-8H,5-6H2,1-4H3,(H,17,19,20). The number of nitrogens with zero attached hydrogens (tertiary/aromatic N) is 3. The Balaban J connectivity index is 2.48. The molecular weight excluding hydrogens is 363 g/mol. The number of hydrogen-bond donors (Lipinski definition) is 1. The average Bonchev–Trinajstić information content (AvgIpc) is 2.39. The minimum Gasteiger partial charge on any atom is -0.369 e. The van der Waals surface area contributed by atoms with Gasteiger partial charge in [-0.3, -0.25) is 4.98 Å². The number of aromatic nitrogens is 3. The molecule has 5 heteroatoms. The minimum absolute atomic E-state index is 0.759. The van der Waals surface area contributed by atoms with E-state index in [-0.39, 0.29) is 0 Å². The lowest BCUT2D eigenvalue weighted by Crippen LogP contribution is -2.07. The summed E-state index contributed by atoms with van der Waals surface area (Å²) in [5.74, 6) is 1.68. The van der Waals surface area contributed by atoms with Crippen LogP contribution < -0.4 is 5.32 Å². The molecule has 2 aromatic heterocycles. The molecule has 0 spiro atoms. The molecule has 0 atom stereocenters. The van der Waals surface area contributed by atoms with Crippen LogP contribution in [0, 0.1) is 24.3 Å². The van der Waals surface area contributed by atoms with Crippen LogP contribution >= 0.6 is 22.6 Å². The summed E-state index contributed by atoms with van der Waals surface area (Å²) in [7, 11) is 0. The molecule has 20 heavy (non-hydrogen) atoms. The van der Waals surface area contributed by atoms with Crippen molar-refractivity contribution in [2.45, 2.75) is 34.1 Å². The maximum atomic E-state index is 4.67. The van der Waals surface area contributed by atoms with Gasteiger partial charge in [0.1, 0.15) is 5.82 Å². The summed E-state index contributed by atoms with van der Waals surface area (Å²) in [6.45, 7) is 9.06. The maximum absolute atomic E-state index is 4.67. The topological polar surface area (TPSA) is 50.7 Å². The molecule has 0 aliphatic heterocycles. The lowest BCUT2D eigenvalue weighted by atomic mass is 10.2. The fraction of sp³-hybridized carbons (Fsp3) is 0.400. The summed E-state index contributed by atoms with van der Waals surface area (Å²) in [6.07, 6.45) is 1.07. The van der Waals surface area contributed by atoms with E-state index in [4.69, 9.17) is 0 Å². The van der Waals surface area contributed by atoms with Crippen LogP contribution in [-0.4, -0.2) is 21.5 Å². The van der Waals surface area contributed by atoms with Crippen molar-refractivity contribution in [3.8, 4) is 11.4 Å². The van der Waals surface area contributed by atoms with Crippen molar-refractivity contribution in [3.63, 3.8) is 0 Å². The monoisotopic (exact) mass is 382 g/mol. The zero-order chi connectivity index (χ0) is 14.7. The van der Waals surface area contributed by atoms with Gasteiger partial charge in [0, 0.05) is 23.5 Å². The molecule has 0 aliphatic carbocycles. The predicted molar refractivity (Wildman–Crippen MR) is 91.0 cm³/mol. The summed E-state index contributed by atoms with van der Waals surface area (Å²) in [6, 6.07) is 4.05. The first kappa shape index (κ1) is 15.2. The van der Waals surface area contributed by atoms with Gasteiger partial charge in [-0.25, -0.2) is 9.97 Å². The van der Waals surface area contributed by atoms with Gasteiger partial charge in [0.2, 0.25) is 0 Å². The Bertz CT molecular complexity index is 605. The van der Waals surface area contributed by atoms with E-state index in [1.54, 1.807) is 0 Å². The zero-order valence-corrected chi connectivity index (χ0v) is 14.4. The molecule has 2 aromatic rings. The van der Waals surface area contributed by atoms with E-state index in [2.05, 4.69) is 49.8 Å². The van der Waals surface area contributed by atoms with E-state index in [0.717, 1.165) is 50.8 Å². The minimum atomic E-state index is 0.759. The van der Waals surface area contributed by atoms with Crippen LogP contribution in [0.25, 0.3) is 11.4 Å². The number of aryl methyl sites for hydroxylation is 3. The Morgan fingerprint density at radius 3 is 2.30 bits per heavy atom. The van der Waals surface area contributed by atoms with Crippen molar-refractivity contribution in [1.29, 1.82) is 0 Å². The fourth-order valence-corrected chi connectivity index (χ4v) is 2.44. The normalized spacial score (nSPS) is 10.7. The Morgan fingerprint density at radius 2 is 1.70 bits per heavy atom. The highest BCUT2D eigenvalue weighted by Crippen LogP contribution is 2.24. The Morgan fingerprint density at radius 1 is 1.05 bits per heavy atom. The van der Waals surface area contributed by atoms with Crippen molar-refractivity contribution in [3.05, 3.63) is 32.8 Å². The third kappa shape index (κ3) is 3.45. The zero-order valence-electron chi connectivity index (χ0n) is 12.3. The van der Waals surface area contributed by atoms with Crippen molar-refractivity contribution in [2.24, 2.45) is 0 Å². The summed E-state index contributed by atoms with van der Waals surface area (Å²) >= 11 is 2.29. The lowest BCUT2D eigenvalue weighted by molar-refractivity contribution is 0.957. The first-order valence-corrected chi connectivity index (χ1v) is 7.82. The predicted octanol–water partition coefficient (Wildman–Crippen LogP) is 3.89. The van der Waals surface area contributed by atoms with Gasteiger partial charge in [-0.1, -0.05) is 6.92 Å². The molecule has 0 saturated heterocycles. The first-order chi connectivity index (χ1) is 9.51. The molecule has 0 saturated carbocycles. The first-order valence-electron chi connectivity index (χ1n) is 6.75. The van der Waals surface area contributed by atoms with E-state index in [0.29, 0.717) is 0 Å². The molecule has 0 bridgehead atoms. The van der Waals surface area contributed by atoms with Crippen LogP contribution in [0.1, 0.15) is 30.4 Å². The molecule has 0 aromatic carbocycles. The van der Waals surface area contributed by atoms with E-state index in [1.165, 1.54) is 0 Å². The number of pyridine rings is 1. The number of anilines is 1. The summed E-state index contributed by atoms with van der Waals surface area (Å²) in [5, 5.41) is 3.37.